The van der Waals surface area contributed by atoms with Crippen molar-refractivity contribution >= 4 is 15.9 Å². The van der Waals surface area contributed by atoms with Crippen LogP contribution in [0.3, 0.4) is 0 Å². The second-order valence-corrected chi connectivity index (χ2v) is 5.00. The molecule has 1 fully saturated rings. The standard InChI is InChI=1S/C12H23BrO2/c1-2-3-7-14-11-9-12(10-11)15-8-5-4-6-13/h11-12H,2-10H2,1H3. The van der Waals surface area contributed by atoms with Crippen molar-refractivity contribution in [2.24, 2.45) is 0 Å². The molecule has 1 aliphatic rings. The summed E-state index contributed by atoms with van der Waals surface area (Å²) in [4.78, 5) is 0. The van der Waals surface area contributed by atoms with Crippen molar-refractivity contribution in [1.29, 1.82) is 0 Å². The lowest BCUT2D eigenvalue weighted by Crippen LogP contribution is -2.37. The molecule has 1 rings (SSSR count). The molecule has 0 aliphatic heterocycles. The van der Waals surface area contributed by atoms with Crippen LogP contribution < -0.4 is 0 Å². The minimum atomic E-state index is 0.479. The average molecular weight is 279 g/mol. The van der Waals surface area contributed by atoms with Crippen molar-refractivity contribution in [3.8, 4) is 0 Å². The molecule has 0 atom stereocenters. The van der Waals surface area contributed by atoms with Gasteiger partial charge in [0.1, 0.15) is 0 Å². The van der Waals surface area contributed by atoms with Gasteiger partial charge in [0.2, 0.25) is 0 Å². The first-order valence-electron chi connectivity index (χ1n) is 6.16. The second-order valence-electron chi connectivity index (χ2n) is 4.21. The van der Waals surface area contributed by atoms with E-state index in [1.807, 2.05) is 0 Å². The van der Waals surface area contributed by atoms with Crippen LogP contribution in [0.4, 0.5) is 0 Å². The highest BCUT2D eigenvalue weighted by Gasteiger charge is 2.30. The van der Waals surface area contributed by atoms with Crippen molar-refractivity contribution < 1.29 is 9.47 Å². The quantitative estimate of drug-likeness (QED) is 0.475. The fraction of sp³-hybridized carbons (Fsp3) is 1.00. The molecule has 0 unspecified atom stereocenters. The Hall–Kier alpha value is 0.400. The third kappa shape index (κ3) is 5.88. The summed E-state index contributed by atoms with van der Waals surface area (Å²) in [6, 6.07) is 0. The predicted molar refractivity (Wildman–Crippen MR) is 66.7 cm³/mol. The summed E-state index contributed by atoms with van der Waals surface area (Å²) in [5, 5.41) is 1.09. The van der Waals surface area contributed by atoms with Crippen LogP contribution in [0.25, 0.3) is 0 Å². The van der Waals surface area contributed by atoms with Crippen LogP contribution >= 0.6 is 15.9 Å². The first-order valence-corrected chi connectivity index (χ1v) is 7.28. The molecular formula is C12H23BrO2. The van der Waals surface area contributed by atoms with Crippen LogP contribution in [0, 0.1) is 0 Å². The third-order valence-corrected chi connectivity index (χ3v) is 3.35. The fourth-order valence-electron chi connectivity index (χ4n) is 1.63. The highest BCUT2D eigenvalue weighted by molar-refractivity contribution is 9.09. The molecule has 0 saturated heterocycles. The van der Waals surface area contributed by atoms with E-state index in [1.165, 1.54) is 25.7 Å². The van der Waals surface area contributed by atoms with Crippen LogP contribution in [0.2, 0.25) is 0 Å². The lowest BCUT2D eigenvalue weighted by molar-refractivity contribution is -0.102. The maximum atomic E-state index is 5.72. The van der Waals surface area contributed by atoms with E-state index in [0.717, 1.165) is 31.4 Å². The van der Waals surface area contributed by atoms with Gasteiger partial charge < -0.3 is 9.47 Å². The van der Waals surface area contributed by atoms with E-state index in [-0.39, 0.29) is 0 Å². The Bertz CT molecular complexity index is 147. The number of ether oxygens (including phenoxy) is 2. The molecule has 0 N–H and O–H groups in total. The van der Waals surface area contributed by atoms with E-state index in [1.54, 1.807) is 0 Å². The van der Waals surface area contributed by atoms with E-state index in [9.17, 15) is 0 Å². The molecule has 2 nitrogen and oxygen atoms in total. The Balaban J connectivity index is 1.83. The van der Waals surface area contributed by atoms with Crippen LogP contribution in [0.1, 0.15) is 45.4 Å². The van der Waals surface area contributed by atoms with E-state index in [2.05, 4.69) is 22.9 Å². The molecule has 1 aliphatic carbocycles. The van der Waals surface area contributed by atoms with Gasteiger partial charge in [0.05, 0.1) is 12.2 Å². The van der Waals surface area contributed by atoms with E-state index in [0.29, 0.717) is 12.2 Å². The minimum absolute atomic E-state index is 0.479. The zero-order valence-corrected chi connectivity index (χ0v) is 11.3. The smallest absolute Gasteiger partial charge is 0.0624 e. The Morgan fingerprint density at radius 1 is 1.00 bits per heavy atom. The SMILES string of the molecule is CCCCOC1CC(OCCCCBr)C1. The molecular weight excluding hydrogens is 256 g/mol. The van der Waals surface area contributed by atoms with Gasteiger partial charge in [-0.25, -0.2) is 0 Å². The zero-order valence-electron chi connectivity index (χ0n) is 9.71. The predicted octanol–water partition coefficient (Wildman–Crippen LogP) is 3.53. The maximum Gasteiger partial charge on any atom is 0.0624 e. The second kappa shape index (κ2) is 8.54. The van der Waals surface area contributed by atoms with Crippen molar-refractivity contribution in [3.05, 3.63) is 0 Å². The summed E-state index contributed by atoms with van der Waals surface area (Å²) in [6.07, 6.45) is 7.97. The van der Waals surface area contributed by atoms with Gasteiger partial charge in [-0.05, 0) is 32.1 Å². The van der Waals surface area contributed by atoms with Crippen LogP contribution in [0.5, 0.6) is 0 Å². The number of rotatable bonds is 9. The topological polar surface area (TPSA) is 18.5 Å². The van der Waals surface area contributed by atoms with Gasteiger partial charge in [-0.3, -0.25) is 0 Å². The Labute approximate surface area is 102 Å². The lowest BCUT2D eigenvalue weighted by atomic mass is 9.92. The number of halogens is 1. The molecule has 0 spiro atoms. The highest BCUT2D eigenvalue weighted by atomic mass is 79.9. The van der Waals surface area contributed by atoms with Crippen molar-refractivity contribution in [2.75, 3.05) is 18.5 Å². The number of hydrogen-bond donors (Lipinski definition) is 0. The van der Waals surface area contributed by atoms with Crippen LogP contribution in [0.15, 0.2) is 0 Å². The Morgan fingerprint density at radius 3 is 2.13 bits per heavy atom. The van der Waals surface area contributed by atoms with Crippen molar-refractivity contribution in [3.63, 3.8) is 0 Å². The Morgan fingerprint density at radius 2 is 1.60 bits per heavy atom. The first kappa shape index (κ1) is 13.5. The third-order valence-electron chi connectivity index (χ3n) is 2.78. The molecule has 0 radical (unpaired) electrons. The van der Waals surface area contributed by atoms with E-state index >= 15 is 0 Å². The molecule has 0 aromatic heterocycles. The molecule has 0 aromatic rings. The van der Waals surface area contributed by atoms with Gasteiger partial charge in [-0.1, -0.05) is 29.3 Å². The van der Waals surface area contributed by atoms with Gasteiger partial charge in [-0.2, -0.15) is 0 Å². The minimum Gasteiger partial charge on any atom is -0.378 e. The summed E-state index contributed by atoms with van der Waals surface area (Å²) in [5.74, 6) is 0. The molecule has 0 aromatic carbocycles. The molecule has 0 heterocycles. The van der Waals surface area contributed by atoms with E-state index in [4.69, 9.17) is 9.47 Å². The largest absolute Gasteiger partial charge is 0.378 e. The molecule has 3 heteroatoms. The van der Waals surface area contributed by atoms with Gasteiger partial charge in [0.25, 0.3) is 0 Å². The molecule has 90 valence electrons. The normalized spacial score (nSPS) is 25.2. The highest BCUT2D eigenvalue weighted by Crippen LogP contribution is 2.26. The summed E-state index contributed by atoms with van der Waals surface area (Å²) >= 11 is 3.42. The Kier molecular flexibility index (Phi) is 7.67. The summed E-state index contributed by atoms with van der Waals surface area (Å²) < 4.78 is 11.4. The van der Waals surface area contributed by atoms with Crippen molar-refractivity contribution in [1.82, 2.24) is 0 Å². The lowest BCUT2D eigenvalue weighted by Gasteiger charge is -2.34. The summed E-state index contributed by atoms with van der Waals surface area (Å²) in [7, 11) is 0. The van der Waals surface area contributed by atoms with E-state index < -0.39 is 0 Å². The summed E-state index contributed by atoms with van der Waals surface area (Å²) in [6.45, 7) is 4.04. The average Bonchev–Trinajstić information content (AvgIpc) is 2.19. The fourth-order valence-corrected chi connectivity index (χ4v) is 2.03. The molecule has 0 amide bonds. The number of hydrogen-bond acceptors (Lipinski definition) is 2. The maximum absolute atomic E-state index is 5.72. The number of unbranched alkanes of at least 4 members (excludes halogenated alkanes) is 2. The van der Waals surface area contributed by atoms with Gasteiger partial charge in [0, 0.05) is 18.5 Å². The molecule has 0 bridgehead atoms. The zero-order chi connectivity index (χ0) is 10.9. The van der Waals surface area contributed by atoms with Gasteiger partial charge in [0.15, 0.2) is 0 Å². The summed E-state index contributed by atoms with van der Waals surface area (Å²) in [5.41, 5.74) is 0. The monoisotopic (exact) mass is 278 g/mol. The molecule has 15 heavy (non-hydrogen) atoms. The van der Waals surface area contributed by atoms with Gasteiger partial charge in [-0.15, -0.1) is 0 Å². The van der Waals surface area contributed by atoms with Crippen LogP contribution in [-0.2, 0) is 9.47 Å². The van der Waals surface area contributed by atoms with Gasteiger partial charge >= 0.3 is 0 Å². The first-order chi connectivity index (χ1) is 7.36. The molecule has 1 saturated carbocycles. The van der Waals surface area contributed by atoms with Crippen LogP contribution in [-0.4, -0.2) is 30.8 Å². The van der Waals surface area contributed by atoms with Crippen molar-refractivity contribution in [2.45, 2.75) is 57.7 Å². The number of alkyl halides is 1.